The van der Waals surface area contributed by atoms with Gasteiger partial charge < -0.3 is 5.32 Å². The Kier molecular flexibility index (Phi) is 3.75. The number of nitrogens with one attached hydrogen (secondary N) is 1. The second kappa shape index (κ2) is 5.09. The van der Waals surface area contributed by atoms with E-state index in [-0.39, 0.29) is 0 Å². The maximum Gasteiger partial charge on any atom is 0.0426 e. The van der Waals surface area contributed by atoms with E-state index in [1.54, 1.807) is 0 Å². The second-order valence-electron chi connectivity index (χ2n) is 5.06. The van der Waals surface area contributed by atoms with E-state index in [0.29, 0.717) is 6.04 Å². The standard InChI is InChI=1S/C14H20ClN/c1-10-3-7-13(8-4-10)16-14-9-12(15)6-5-11(14)2/h5-6,9-10,13,16H,3-4,7-8H2,1-2H3. The highest BCUT2D eigenvalue weighted by molar-refractivity contribution is 6.30. The highest BCUT2D eigenvalue weighted by atomic mass is 35.5. The minimum absolute atomic E-state index is 0.633. The van der Waals surface area contributed by atoms with Crippen molar-refractivity contribution in [3.8, 4) is 0 Å². The number of benzene rings is 1. The molecular weight excluding hydrogens is 218 g/mol. The van der Waals surface area contributed by atoms with Crippen LogP contribution in [0.2, 0.25) is 5.02 Å². The first-order chi connectivity index (χ1) is 7.65. The molecule has 88 valence electrons. The third kappa shape index (κ3) is 2.91. The quantitative estimate of drug-likeness (QED) is 0.790. The van der Waals surface area contributed by atoms with Gasteiger partial charge in [-0.15, -0.1) is 0 Å². The molecule has 0 atom stereocenters. The van der Waals surface area contributed by atoms with Crippen molar-refractivity contribution in [2.45, 2.75) is 45.6 Å². The Bertz CT molecular complexity index is 354. The Morgan fingerprint density at radius 3 is 2.56 bits per heavy atom. The van der Waals surface area contributed by atoms with E-state index in [1.807, 2.05) is 12.1 Å². The van der Waals surface area contributed by atoms with Crippen LogP contribution in [-0.4, -0.2) is 6.04 Å². The summed E-state index contributed by atoms with van der Waals surface area (Å²) in [4.78, 5) is 0. The van der Waals surface area contributed by atoms with E-state index in [9.17, 15) is 0 Å². The van der Waals surface area contributed by atoms with Crippen LogP contribution in [0.3, 0.4) is 0 Å². The first kappa shape index (κ1) is 11.8. The monoisotopic (exact) mass is 237 g/mol. The third-order valence-corrected chi connectivity index (χ3v) is 3.81. The summed E-state index contributed by atoms with van der Waals surface area (Å²) >= 11 is 6.02. The zero-order valence-corrected chi connectivity index (χ0v) is 10.8. The molecule has 1 aromatic carbocycles. The maximum absolute atomic E-state index is 6.02. The van der Waals surface area contributed by atoms with Crippen LogP contribution in [0.4, 0.5) is 5.69 Å². The molecule has 0 amide bonds. The van der Waals surface area contributed by atoms with Crippen LogP contribution in [0.5, 0.6) is 0 Å². The molecule has 1 aromatic rings. The summed E-state index contributed by atoms with van der Waals surface area (Å²) < 4.78 is 0. The fourth-order valence-corrected chi connectivity index (χ4v) is 2.55. The summed E-state index contributed by atoms with van der Waals surface area (Å²) in [5.41, 5.74) is 2.48. The molecule has 0 heterocycles. The molecule has 0 bridgehead atoms. The Morgan fingerprint density at radius 1 is 1.19 bits per heavy atom. The van der Waals surface area contributed by atoms with Crippen LogP contribution in [0.25, 0.3) is 0 Å². The first-order valence-electron chi connectivity index (χ1n) is 6.18. The van der Waals surface area contributed by atoms with Crippen LogP contribution in [0, 0.1) is 12.8 Å². The molecule has 1 aliphatic rings. The molecule has 0 radical (unpaired) electrons. The predicted molar refractivity (Wildman–Crippen MR) is 71.2 cm³/mol. The zero-order chi connectivity index (χ0) is 11.5. The van der Waals surface area contributed by atoms with Crippen molar-refractivity contribution in [3.05, 3.63) is 28.8 Å². The summed E-state index contributed by atoms with van der Waals surface area (Å²) in [7, 11) is 0. The van der Waals surface area contributed by atoms with Crippen molar-refractivity contribution in [2.24, 2.45) is 5.92 Å². The molecule has 0 aliphatic heterocycles. The lowest BCUT2D eigenvalue weighted by atomic mass is 9.87. The molecule has 1 aliphatic carbocycles. The predicted octanol–water partition coefficient (Wildman–Crippen LogP) is 4.64. The van der Waals surface area contributed by atoms with Crippen molar-refractivity contribution in [1.82, 2.24) is 0 Å². The molecule has 16 heavy (non-hydrogen) atoms. The molecule has 0 unspecified atom stereocenters. The van der Waals surface area contributed by atoms with Crippen molar-refractivity contribution in [1.29, 1.82) is 0 Å². The molecule has 1 saturated carbocycles. The lowest BCUT2D eigenvalue weighted by Crippen LogP contribution is -2.25. The van der Waals surface area contributed by atoms with E-state index in [4.69, 9.17) is 11.6 Å². The van der Waals surface area contributed by atoms with E-state index in [0.717, 1.165) is 10.9 Å². The van der Waals surface area contributed by atoms with Gasteiger partial charge in [-0.3, -0.25) is 0 Å². The number of hydrogen-bond acceptors (Lipinski definition) is 1. The summed E-state index contributed by atoms with van der Waals surface area (Å²) in [5.74, 6) is 0.901. The molecule has 0 aromatic heterocycles. The van der Waals surface area contributed by atoms with Crippen LogP contribution in [-0.2, 0) is 0 Å². The van der Waals surface area contributed by atoms with Gasteiger partial charge in [0.15, 0.2) is 0 Å². The molecule has 0 saturated heterocycles. The van der Waals surface area contributed by atoms with Gasteiger partial charge in [-0.05, 0) is 56.2 Å². The van der Waals surface area contributed by atoms with Crippen LogP contribution >= 0.6 is 11.6 Å². The van der Waals surface area contributed by atoms with Gasteiger partial charge in [0.25, 0.3) is 0 Å². The molecule has 0 spiro atoms. The van der Waals surface area contributed by atoms with Gasteiger partial charge in [-0.25, -0.2) is 0 Å². The zero-order valence-electron chi connectivity index (χ0n) is 10.1. The Balaban J connectivity index is 2.00. The Labute approximate surface area is 103 Å². The van der Waals surface area contributed by atoms with Crippen LogP contribution in [0.1, 0.15) is 38.2 Å². The summed E-state index contributed by atoms with van der Waals surface area (Å²) in [5, 5.41) is 4.44. The van der Waals surface area contributed by atoms with Gasteiger partial charge in [0.1, 0.15) is 0 Å². The first-order valence-corrected chi connectivity index (χ1v) is 6.55. The lowest BCUT2D eigenvalue weighted by molar-refractivity contribution is 0.361. The summed E-state index contributed by atoms with van der Waals surface area (Å²) in [6, 6.07) is 6.70. The van der Waals surface area contributed by atoms with E-state index < -0.39 is 0 Å². The van der Waals surface area contributed by atoms with Crippen molar-refractivity contribution < 1.29 is 0 Å². The lowest BCUT2D eigenvalue weighted by Gasteiger charge is -2.28. The smallest absolute Gasteiger partial charge is 0.0426 e. The molecular formula is C14H20ClN. The van der Waals surface area contributed by atoms with Gasteiger partial charge >= 0.3 is 0 Å². The van der Waals surface area contributed by atoms with Crippen LogP contribution in [0.15, 0.2) is 18.2 Å². The largest absolute Gasteiger partial charge is 0.382 e. The topological polar surface area (TPSA) is 12.0 Å². The van der Waals surface area contributed by atoms with Crippen LogP contribution < -0.4 is 5.32 Å². The van der Waals surface area contributed by atoms with Crippen molar-refractivity contribution >= 4 is 17.3 Å². The van der Waals surface area contributed by atoms with E-state index >= 15 is 0 Å². The van der Waals surface area contributed by atoms with Gasteiger partial charge in [-0.2, -0.15) is 0 Å². The summed E-state index contributed by atoms with van der Waals surface area (Å²) in [6.07, 6.45) is 5.26. The molecule has 2 rings (SSSR count). The number of hydrogen-bond donors (Lipinski definition) is 1. The van der Waals surface area contributed by atoms with Crippen molar-refractivity contribution in [3.63, 3.8) is 0 Å². The van der Waals surface area contributed by atoms with E-state index in [1.165, 1.54) is 36.9 Å². The fraction of sp³-hybridized carbons (Fsp3) is 0.571. The van der Waals surface area contributed by atoms with E-state index in [2.05, 4.69) is 25.2 Å². The average Bonchev–Trinajstić information content (AvgIpc) is 2.27. The number of aryl methyl sites for hydroxylation is 1. The second-order valence-corrected chi connectivity index (χ2v) is 5.50. The van der Waals surface area contributed by atoms with Gasteiger partial charge in [0.2, 0.25) is 0 Å². The highest BCUT2D eigenvalue weighted by Gasteiger charge is 2.18. The normalized spacial score (nSPS) is 25.4. The Hall–Kier alpha value is -0.690. The van der Waals surface area contributed by atoms with Crippen molar-refractivity contribution in [2.75, 3.05) is 5.32 Å². The SMILES string of the molecule is Cc1ccc(Cl)cc1NC1CCC(C)CC1. The number of anilines is 1. The highest BCUT2D eigenvalue weighted by Crippen LogP contribution is 2.28. The van der Waals surface area contributed by atoms with Gasteiger partial charge in [0.05, 0.1) is 0 Å². The Morgan fingerprint density at radius 2 is 1.88 bits per heavy atom. The maximum atomic E-state index is 6.02. The fourth-order valence-electron chi connectivity index (χ4n) is 2.37. The minimum atomic E-state index is 0.633. The summed E-state index contributed by atoms with van der Waals surface area (Å²) in [6.45, 7) is 4.48. The molecule has 1 N–H and O–H groups in total. The molecule has 2 heteroatoms. The number of rotatable bonds is 2. The van der Waals surface area contributed by atoms with Gasteiger partial charge in [-0.1, -0.05) is 24.6 Å². The average molecular weight is 238 g/mol. The molecule has 1 fully saturated rings. The minimum Gasteiger partial charge on any atom is -0.382 e. The van der Waals surface area contributed by atoms with Gasteiger partial charge in [0, 0.05) is 16.8 Å². The third-order valence-electron chi connectivity index (χ3n) is 3.58. The number of halogens is 1. The molecule has 1 nitrogen and oxygen atoms in total.